The summed E-state index contributed by atoms with van der Waals surface area (Å²) in [6.45, 7) is 0. The number of halogens is 1. The van der Waals surface area contributed by atoms with Crippen molar-refractivity contribution in [2.45, 2.75) is 0 Å². The first-order valence-electron chi connectivity index (χ1n) is 6.03. The number of benzene rings is 2. The van der Waals surface area contributed by atoms with Crippen molar-refractivity contribution >= 4 is 32.9 Å². The van der Waals surface area contributed by atoms with Crippen molar-refractivity contribution in [2.75, 3.05) is 7.11 Å². The molecule has 1 aromatic heterocycles. The van der Waals surface area contributed by atoms with Crippen molar-refractivity contribution in [3.8, 4) is 11.4 Å². The fraction of sp³-hybridized carbons (Fsp3) is 0.0714. The summed E-state index contributed by atoms with van der Waals surface area (Å²) in [4.78, 5) is 11.1. The fourth-order valence-corrected chi connectivity index (χ4v) is 2.56. The molecular formula is C14H10BrN3O3. The van der Waals surface area contributed by atoms with E-state index in [4.69, 9.17) is 9.84 Å². The molecule has 0 aliphatic heterocycles. The van der Waals surface area contributed by atoms with Gasteiger partial charge in [-0.1, -0.05) is 5.21 Å². The number of carboxylic acid groups (broad SMARTS) is 1. The normalized spacial score (nSPS) is 10.8. The summed E-state index contributed by atoms with van der Waals surface area (Å²) in [5.74, 6) is -0.282. The minimum Gasteiger partial charge on any atom is -0.496 e. The molecule has 0 aliphatic rings. The predicted octanol–water partition coefficient (Wildman–Crippen LogP) is 2.89. The molecule has 0 spiro atoms. The van der Waals surface area contributed by atoms with E-state index >= 15 is 0 Å². The average Bonchev–Trinajstić information content (AvgIpc) is 2.90. The van der Waals surface area contributed by atoms with E-state index in [9.17, 15) is 4.79 Å². The average molecular weight is 348 g/mol. The summed E-state index contributed by atoms with van der Waals surface area (Å²) >= 11 is 3.41. The zero-order valence-corrected chi connectivity index (χ0v) is 12.5. The second-order valence-corrected chi connectivity index (χ2v) is 5.18. The van der Waals surface area contributed by atoms with E-state index in [1.54, 1.807) is 30.0 Å². The van der Waals surface area contributed by atoms with Gasteiger partial charge in [0.25, 0.3) is 0 Å². The molecule has 0 unspecified atom stereocenters. The first-order valence-corrected chi connectivity index (χ1v) is 6.82. The summed E-state index contributed by atoms with van der Waals surface area (Å²) in [6, 6.07) is 10.2. The SMILES string of the molecule is COc1ccc(-n2nnc3ccc(C(=O)O)cc32)cc1Br. The van der Waals surface area contributed by atoms with Gasteiger partial charge in [0.1, 0.15) is 11.3 Å². The lowest BCUT2D eigenvalue weighted by Crippen LogP contribution is -1.99. The molecule has 3 rings (SSSR count). The van der Waals surface area contributed by atoms with E-state index in [1.807, 2.05) is 12.1 Å². The zero-order valence-electron chi connectivity index (χ0n) is 10.9. The van der Waals surface area contributed by atoms with Crippen LogP contribution in [0.15, 0.2) is 40.9 Å². The van der Waals surface area contributed by atoms with Crippen molar-refractivity contribution in [1.82, 2.24) is 15.0 Å². The standard InChI is InChI=1S/C14H10BrN3O3/c1-21-13-5-3-9(7-10(13)15)18-12-6-8(14(19)20)2-4-11(12)16-17-18/h2-7H,1H3,(H,19,20). The molecular weight excluding hydrogens is 338 g/mol. The van der Waals surface area contributed by atoms with Gasteiger partial charge >= 0.3 is 5.97 Å². The summed E-state index contributed by atoms with van der Waals surface area (Å²) in [5, 5.41) is 17.2. The van der Waals surface area contributed by atoms with Crippen LogP contribution in [0.25, 0.3) is 16.7 Å². The van der Waals surface area contributed by atoms with Gasteiger partial charge in [-0.25, -0.2) is 9.48 Å². The van der Waals surface area contributed by atoms with Crippen molar-refractivity contribution in [1.29, 1.82) is 0 Å². The molecule has 1 N–H and O–H groups in total. The first kappa shape index (κ1) is 13.6. The Bertz CT molecular complexity index is 845. The van der Waals surface area contributed by atoms with Crippen LogP contribution in [0, 0.1) is 0 Å². The number of hydrogen-bond donors (Lipinski definition) is 1. The lowest BCUT2D eigenvalue weighted by atomic mass is 10.2. The highest BCUT2D eigenvalue weighted by Gasteiger charge is 2.11. The highest BCUT2D eigenvalue weighted by Crippen LogP contribution is 2.28. The smallest absolute Gasteiger partial charge is 0.335 e. The fourth-order valence-electron chi connectivity index (χ4n) is 2.03. The minimum absolute atomic E-state index is 0.193. The Kier molecular flexibility index (Phi) is 3.34. The van der Waals surface area contributed by atoms with Gasteiger partial charge in [0, 0.05) is 0 Å². The second kappa shape index (κ2) is 5.17. The summed E-state index contributed by atoms with van der Waals surface area (Å²) in [7, 11) is 1.59. The van der Waals surface area contributed by atoms with Crippen molar-refractivity contribution < 1.29 is 14.6 Å². The van der Waals surface area contributed by atoms with Crippen LogP contribution in [-0.2, 0) is 0 Å². The van der Waals surface area contributed by atoms with E-state index in [1.165, 1.54) is 6.07 Å². The summed E-state index contributed by atoms with van der Waals surface area (Å²) < 4.78 is 7.55. The van der Waals surface area contributed by atoms with Gasteiger partial charge < -0.3 is 9.84 Å². The number of hydrogen-bond acceptors (Lipinski definition) is 4. The van der Waals surface area contributed by atoms with Crippen LogP contribution in [0.2, 0.25) is 0 Å². The minimum atomic E-state index is -0.986. The number of methoxy groups -OCH3 is 1. The topological polar surface area (TPSA) is 77.2 Å². The molecule has 0 aliphatic carbocycles. The Labute approximate surface area is 128 Å². The highest BCUT2D eigenvalue weighted by atomic mass is 79.9. The molecule has 1 heterocycles. The molecule has 6 nitrogen and oxygen atoms in total. The van der Waals surface area contributed by atoms with Crippen molar-refractivity contribution in [3.63, 3.8) is 0 Å². The lowest BCUT2D eigenvalue weighted by Gasteiger charge is -2.07. The maximum atomic E-state index is 11.1. The Morgan fingerprint density at radius 3 is 2.76 bits per heavy atom. The molecule has 2 aromatic carbocycles. The summed E-state index contributed by atoms with van der Waals surface area (Å²) in [6.07, 6.45) is 0. The Hall–Kier alpha value is -2.41. The molecule has 0 amide bonds. The van der Waals surface area contributed by atoms with Crippen LogP contribution < -0.4 is 4.74 Å². The van der Waals surface area contributed by atoms with E-state index in [2.05, 4.69) is 26.2 Å². The summed E-state index contributed by atoms with van der Waals surface area (Å²) in [5.41, 5.74) is 2.21. The second-order valence-electron chi connectivity index (χ2n) is 4.33. The van der Waals surface area contributed by atoms with E-state index < -0.39 is 5.97 Å². The molecule has 0 bridgehead atoms. The quantitative estimate of drug-likeness (QED) is 0.788. The van der Waals surface area contributed by atoms with Crippen LogP contribution >= 0.6 is 15.9 Å². The molecule has 106 valence electrons. The third kappa shape index (κ3) is 2.36. The van der Waals surface area contributed by atoms with Crippen LogP contribution in [0.1, 0.15) is 10.4 Å². The maximum absolute atomic E-state index is 11.1. The zero-order chi connectivity index (χ0) is 15.0. The van der Waals surface area contributed by atoms with Gasteiger partial charge in [0.05, 0.1) is 28.4 Å². The van der Waals surface area contributed by atoms with Gasteiger partial charge in [-0.05, 0) is 52.3 Å². The number of fused-ring (bicyclic) bond motifs is 1. The first-order chi connectivity index (χ1) is 10.1. The van der Waals surface area contributed by atoms with Crippen LogP contribution in [-0.4, -0.2) is 33.2 Å². The van der Waals surface area contributed by atoms with Crippen molar-refractivity contribution in [2.24, 2.45) is 0 Å². The Morgan fingerprint density at radius 2 is 2.10 bits per heavy atom. The number of aromatic carboxylic acids is 1. The molecule has 7 heteroatoms. The number of ether oxygens (including phenoxy) is 1. The van der Waals surface area contributed by atoms with Gasteiger partial charge in [-0.3, -0.25) is 0 Å². The van der Waals surface area contributed by atoms with Crippen LogP contribution in [0.3, 0.4) is 0 Å². The Balaban J connectivity index is 2.18. The number of aromatic nitrogens is 3. The van der Waals surface area contributed by atoms with Crippen LogP contribution in [0.5, 0.6) is 5.75 Å². The Morgan fingerprint density at radius 1 is 1.29 bits per heavy atom. The number of nitrogens with zero attached hydrogens (tertiary/aromatic N) is 3. The molecule has 0 atom stereocenters. The van der Waals surface area contributed by atoms with Gasteiger partial charge in [-0.2, -0.15) is 0 Å². The number of rotatable bonds is 3. The molecule has 3 aromatic rings. The van der Waals surface area contributed by atoms with Crippen molar-refractivity contribution in [3.05, 3.63) is 46.4 Å². The van der Waals surface area contributed by atoms with E-state index in [0.717, 1.165) is 10.2 Å². The lowest BCUT2D eigenvalue weighted by molar-refractivity contribution is 0.0697. The highest BCUT2D eigenvalue weighted by molar-refractivity contribution is 9.10. The predicted molar refractivity (Wildman–Crippen MR) is 80.1 cm³/mol. The third-order valence-electron chi connectivity index (χ3n) is 3.07. The van der Waals surface area contributed by atoms with Gasteiger partial charge in [0.15, 0.2) is 0 Å². The molecule has 0 saturated heterocycles. The maximum Gasteiger partial charge on any atom is 0.335 e. The largest absolute Gasteiger partial charge is 0.496 e. The molecule has 21 heavy (non-hydrogen) atoms. The number of carbonyl (C=O) groups is 1. The van der Waals surface area contributed by atoms with E-state index in [0.29, 0.717) is 16.8 Å². The monoisotopic (exact) mass is 347 g/mol. The molecule has 0 radical (unpaired) electrons. The van der Waals surface area contributed by atoms with E-state index in [-0.39, 0.29) is 5.56 Å². The third-order valence-corrected chi connectivity index (χ3v) is 3.69. The molecule has 0 saturated carbocycles. The molecule has 0 fully saturated rings. The van der Waals surface area contributed by atoms with Gasteiger partial charge in [0.2, 0.25) is 0 Å². The van der Waals surface area contributed by atoms with Gasteiger partial charge in [-0.15, -0.1) is 5.10 Å². The number of carboxylic acids is 1. The van der Waals surface area contributed by atoms with Crippen LogP contribution in [0.4, 0.5) is 0 Å².